The Morgan fingerprint density at radius 1 is 1.00 bits per heavy atom. The van der Waals surface area contributed by atoms with Crippen molar-refractivity contribution in [3.63, 3.8) is 0 Å². The predicted molar refractivity (Wildman–Crippen MR) is 66.2 cm³/mol. The number of aromatic nitrogens is 1. The van der Waals surface area contributed by atoms with Crippen molar-refractivity contribution in [1.29, 1.82) is 0 Å². The highest BCUT2D eigenvalue weighted by Gasteiger charge is 1.95. The van der Waals surface area contributed by atoms with Gasteiger partial charge in [0.1, 0.15) is 0 Å². The summed E-state index contributed by atoms with van der Waals surface area (Å²) in [4.78, 5) is 4.10. The lowest BCUT2D eigenvalue weighted by atomic mass is 10.1. The van der Waals surface area contributed by atoms with Crippen molar-refractivity contribution in [2.45, 2.75) is 6.42 Å². The van der Waals surface area contributed by atoms with E-state index in [1.54, 1.807) is 6.20 Å². The number of halogens is 1. The maximum Gasteiger partial charge on any atom is 0.0303 e. The molecule has 0 radical (unpaired) electrons. The molecule has 14 heavy (non-hydrogen) atoms. The molecule has 1 nitrogen and oxygen atoms in total. The number of nitrogens with zero attached hydrogens (tertiary/aromatic N) is 1. The highest BCUT2D eigenvalue weighted by molar-refractivity contribution is 14.1. The van der Waals surface area contributed by atoms with Gasteiger partial charge in [0.15, 0.2) is 0 Å². The SMILES string of the molecule is Ic1ccc(Cc2cccnc2)cc1. The van der Waals surface area contributed by atoms with Crippen LogP contribution in [0.2, 0.25) is 0 Å². The smallest absolute Gasteiger partial charge is 0.0303 e. The Kier molecular flexibility index (Phi) is 3.14. The van der Waals surface area contributed by atoms with Crippen LogP contribution in [0.5, 0.6) is 0 Å². The second kappa shape index (κ2) is 4.55. The molecule has 0 aliphatic rings. The first-order valence-corrected chi connectivity index (χ1v) is 5.56. The zero-order valence-electron chi connectivity index (χ0n) is 7.65. The van der Waals surface area contributed by atoms with Crippen LogP contribution in [-0.2, 0) is 6.42 Å². The van der Waals surface area contributed by atoms with E-state index in [-0.39, 0.29) is 0 Å². The van der Waals surface area contributed by atoms with Crippen LogP contribution in [0.4, 0.5) is 0 Å². The molecule has 0 amide bonds. The molecule has 0 unspecified atom stereocenters. The molecule has 2 heteroatoms. The third kappa shape index (κ3) is 2.54. The Hall–Kier alpha value is -0.900. The minimum Gasteiger partial charge on any atom is -0.264 e. The summed E-state index contributed by atoms with van der Waals surface area (Å²) in [5.41, 5.74) is 2.59. The standard InChI is InChI=1S/C12H10IN/c13-12-5-3-10(4-6-12)8-11-2-1-7-14-9-11/h1-7,9H,8H2. The van der Waals surface area contributed by atoms with Crippen LogP contribution in [-0.4, -0.2) is 4.98 Å². The summed E-state index contributed by atoms with van der Waals surface area (Å²) in [7, 11) is 0. The predicted octanol–water partition coefficient (Wildman–Crippen LogP) is 3.28. The maximum absolute atomic E-state index is 4.10. The van der Waals surface area contributed by atoms with E-state index in [4.69, 9.17) is 0 Å². The first kappa shape index (κ1) is 9.65. The Morgan fingerprint density at radius 2 is 1.79 bits per heavy atom. The minimum atomic E-state index is 0.963. The third-order valence-corrected chi connectivity index (χ3v) is 2.76. The van der Waals surface area contributed by atoms with Gasteiger partial charge < -0.3 is 0 Å². The van der Waals surface area contributed by atoms with Gasteiger partial charge in [-0.05, 0) is 58.3 Å². The molecule has 0 atom stereocenters. The number of benzene rings is 1. The number of rotatable bonds is 2. The number of pyridine rings is 1. The molecule has 70 valence electrons. The van der Waals surface area contributed by atoms with Crippen molar-refractivity contribution in [3.8, 4) is 0 Å². The van der Waals surface area contributed by atoms with Crippen LogP contribution in [0.15, 0.2) is 48.8 Å². The molecule has 0 N–H and O–H groups in total. The molecule has 1 aromatic carbocycles. The van der Waals surface area contributed by atoms with Crippen molar-refractivity contribution < 1.29 is 0 Å². The lowest BCUT2D eigenvalue weighted by Crippen LogP contribution is -1.88. The largest absolute Gasteiger partial charge is 0.264 e. The fraction of sp³-hybridized carbons (Fsp3) is 0.0833. The average Bonchev–Trinajstić information content (AvgIpc) is 2.23. The summed E-state index contributed by atoms with van der Waals surface area (Å²) in [5.74, 6) is 0. The summed E-state index contributed by atoms with van der Waals surface area (Å²) in [6.45, 7) is 0. The molecule has 0 saturated carbocycles. The minimum absolute atomic E-state index is 0.963. The Labute approximate surface area is 97.3 Å². The van der Waals surface area contributed by atoms with Crippen molar-refractivity contribution in [2.75, 3.05) is 0 Å². The highest BCUT2D eigenvalue weighted by Crippen LogP contribution is 2.10. The van der Waals surface area contributed by atoms with E-state index < -0.39 is 0 Å². The van der Waals surface area contributed by atoms with E-state index in [1.165, 1.54) is 14.7 Å². The van der Waals surface area contributed by atoms with Gasteiger partial charge in [-0.15, -0.1) is 0 Å². The fourth-order valence-electron chi connectivity index (χ4n) is 1.34. The van der Waals surface area contributed by atoms with E-state index in [0.717, 1.165) is 6.42 Å². The van der Waals surface area contributed by atoms with Gasteiger partial charge in [-0.1, -0.05) is 18.2 Å². The molecule has 0 spiro atoms. The summed E-state index contributed by atoms with van der Waals surface area (Å²) >= 11 is 2.32. The number of hydrogen-bond donors (Lipinski definition) is 0. The van der Waals surface area contributed by atoms with Crippen molar-refractivity contribution in [3.05, 3.63) is 63.5 Å². The van der Waals surface area contributed by atoms with Gasteiger partial charge >= 0.3 is 0 Å². The zero-order chi connectivity index (χ0) is 9.80. The molecular formula is C12H10IN. The fourth-order valence-corrected chi connectivity index (χ4v) is 1.70. The summed E-state index contributed by atoms with van der Waals surface area (Å²) in [6, 6.07) is 12.7. The molecule has 0 bridgehead atoms. The van der Waals surface area contributed by atoms with E-state index in [2.05, 4.69) is 57.9 Å². The molecule has 1 aromatic heterocycles. The topological polar surface area (TPSA) is 12.9 Å². The van der Waals surface area contributed by atoms with Crippen LogP contribution in [0.1, 0.15) is 11.1 Å². The van der Waals surface area contributed by atoms with Gasteiger partial charge in [0.2, 0.25) is 0 Å². The van der Waals surface area contributed by atoms with Gasteiger partial charge in [0, 0.05) is 16.0 Å². The molecule has 2 rings (SSSR count). The second-order valence-corrected chi connectivity index (χ2v) is 4.41. The highest BCUT2D eigenvalue weighted by atomic mass is 127. The Balaban J connectivity index is 2.16. The van der Waals surface area contributed by atoms with E-state index in [0.29, 0.717) is 0 Å². The lowest BCUT2D eigenvalue weighted by Gasteiger charge is -2.00. The van der Waals surface area contributed by atoms with Gasteiger partial charge in [0.25, 0.3) is 0 Å². The van der Waals surface area contributed by atoms with E-state index in [1.807, 2.05) is 12.3 Å². The molecule has 0 aliphatic heterocycles. The molecule has 2 aromatic rings. The summed E-state index contributed by atoms with van der Waals surface area (Å²) in [6.07, 6.45) is 4.68. The second-order valence-electron chi connectivity index (χ2n) is 3.16. The molecule has 0 aliphatic carbocycles. The van der Waals surface area contributed by atoms with Crippen molar-refractivity contribution >= 4 is 22.6 Å². The zero-order valence-corrected chi connectivity index (χ0v) is 9.81. The monoisotopic (exact) mass is 295 g/mol. The van der Waals surface area contributed by atoms with Crippen molar-refractivity contribution in [2.24, 2.45) is 0 Å². The van der Waals surface area contributed by atoms with Crippen LogP contribution < -0.4 is 0 Å². The molecular weight excluding hydrogens is 285 g/mol. The Bertz CT molecular complexity index is 394. The van der Waals surface area contributed by atoms with Crippen LogP contribution >= 0.6 is 22.6 Å². The normalized spacial score (nSPS) is 10.1. The molecule has 0 saturated heterocycles. The number of hydrogen-bond acceptors (Lipinski definition) is 1. The quantitative estimate of drug-likeness (QED) is 0.775. The van der Waals surface area contributed by atoms with Crippen LogP contribution in [0.25, 0.3) is 0 Å². The summed E-state index contributed by atoms with van der Waals surface area (Å²) in [5, 5.41) is 0. The first-order valence-electron chi connectivity index (χ1n) is 4.48. The molecule has 1 heterocycles. The van der Waals surface area contributed by atoms with Gasteiger partial charge in [-0.25, -0.2) is 0 Å². The van der Waals surface area contributed by atoms with Gasteiger partial charge in [0.05, 0.1) is 0 Å². The van der Waals surface area contributed by atoms with E-state index >= 15 is 0 Å². The molecule has 0 fully saturated rings. The van der Waals surface area contributed by atoms with Crippen LogP contribution in [0.3, 0.4) is 0 Å². The van der Waals surface area contributed by atoms with E-state index in [9.17, 15) is 0 Å². The van der Waals surface area contributed by atoms with Gasteiger partial charge in [-0.3, -0.25) is 4.98 Å². The van der Waals surface area contributed by atoms with Gasteiger partial charge in [-0.2, -0.15) is 0 Å². The third-order valence-electron chi connectivity index (χ3n) is 2.04. The summed E-state index contributed by atoms with van der Waals surface area (Å²) < 4.78 is 1.28. The lowest BCUT2D eigenvalue weighted by molar-refractivity contribution is 1.14. The van der Waals surface area contributed by atoms with Crippen LogP contribution in [0, 0.1) is 3.57 Å². The Morgan fingerprint density at radius 3 is 2.43 bits per heavy atom. The first-order chi connectivity index (χ1) is 6.84. The maximum atomic E-state index is 4.10. The average molecular weight is 295 g/mol. The van der Waals surface area contributed by atoms with Crippen molar-refractivity contribution in [1.82, 2.24) is 4.98 Å².